The van der Waals surface area contributed by atoms with Gasteiger partial charge in [-0.15, -0.1) is 0 Å². The van der Waals surface area contributed by atoms with E-state index in [0.29, 0.717) is 12.3 Å². The van der Waals surface area contributed by atoms with E-state index in [1.807, 2.05) is 0 Å². The highest BCUT2D eigenvalue weighted by atomic mass is 19.4. The van der Waals surface area contributed by atoms with Gasteiger partial charge in [-0.3, -0.25) is 14.2 Å². The zero-order valence-electron chi connectivity index (χ0n) is 14.7. The molecule has 1 aliphatic heterocycles. The monoisotopic (exact) mass is 380 g/mol. The first-order chi connectivity index (χ1) is 12.8. The Bertz CT molecular complexity index is 900. The Hall–Kier alpha value is -2.61. The maximum absolute atomic E-state index is 13.0. The molecule has 3 rings (SSSR count). The fourth-order valence-corrected chi connectivity index (χ4v) is 3.05. The van der Waals surface area contributed by atoms with E-state index in [1.54, 1.807) is 6.92 Å². The smallest absolute Gasteiger partial charge is 0.376 e. The molecule has 0 bridgehead atoms. The Kier molecular flexibility index (Phi) is 5.36. The van der Waals surface area contributed by atoms with Crippen molar-refractivity contribution in [3.05, 3.63) is 63.6 Å². The van der Waals surface area contributed by atoms with Gasteiger partial charge in [0.2, 0.25) is 0 Å². The number of nitrogens with one attached hydrogen (secondary N) is 1. The molecule has 144 valence electrons. The van der Waals surface area contributed by atoms with Crippen molar-refractivity contribution < 1.29 is 22.7 Å². The van der Waals surface area contributed by atoms with Crippen LogP contribution in [-0.4, -0.2) is 29.7 Å². The lowest BCUT2D eigenvalue weighted by atomic mass is 10.1. The molecule has 1 saturated heterocycles. The van der Waals surface area contributed by atoms with E-state index in [0.717, 1.165) is 29.5 Å². The summed E-state index contributed by atoms with van der Waals surface area (Å²) in [6.07, 6.45) is -2.84. The summed E-state index contributed by atoms with van der Waals surface area (Å²) >= 11 is 0. The minimum absolute atomic E-state index is 0.0566. The summed E-state index contributed by atoms with van der Waals surface area (Å²) in [7, 11) is 0. The number of alkyl halides is 3. The summed E-state index contributed by atoms with van der Waals surface area (Å²) in [5.41, 5.74) is -1.18. The number of carbonyl (C=O) groups excluding carboxylic acids is 1. The third kappa shape index (κ3) is 4.21. The van der Waals surface area contributed by atoms with E-state index in [1.165, 1.54) is 24.3 Å². The molecule has 2 aromatic rings. The molecule has 1 aromatic carbocycles. The number of carbonyl (C=O) groups is 1. The second-order valence-electron chi connectivity index (χ2n) is 6.42. The van der Waals surface area contributed by atoms with Gasteiger partial charge < -0.3 is 10.1 Å². The maximum atomic E-state index is 13.0. The Morgan fingerprint density at radius 2 is 2.07 bits per heavy atom. The molecule has 1 amide bonds. The van der Waals surface area contributed by atoms with Crippen LogP contribution >= 0.6 is 0 Å². The van der Waals surface area contributed by atoms with Crippen molar-refractivity contribution in [2.75, 3.05) is 13.2 Å². The van der Waals surface area contributed by atoms with E-state index in [4.69, 9.17) is 4.74 Å². The van der Waals surface area contributed by atoms with Crippen molar-refractivity contribution in [3.63, 3.8) is 0 Å². The average molecular weight is 380 g/mol. The molecule has 0 spiro atoms. The highest BCUT2D eigenvalue weighted by molar-refractivity contribution is 5.93. The number of amides is 1. The number of hydrogen-bond acceptors (Lipinski definition) is 3. The standard InChI is InChI=1S/C19H19F3N2O3/c1-12-7-8-16(17(25)23-11-15-6-3-9-27-15)18(26)24(12)14-5-2-4-13(10-14)19(20,21)22/h2,4-5,7-8,10,15H,3,6,9,11H2,1H3,(H,23,25)/t15-/m1/s1. The molecule has 0 radical (unpaired) electrons. The number of halogens is 3. The van der Waals surface area contributed by atoms with E-state index < -0.39 is 23.2 Å². The minimum atomic E-state index is -4.52. The van der Waals surface area contributed by atoms with Gasteiger partial charge in [0.1, 0.15) is 5.56 Å². The lowest BCUT2D eigenvalue weighted by Gasteiger charge is -2.15. The van der Waals surface area contributed by atoms with Gasteiger partial charge in [-0.25, -0.2) is 0 Å². The summed E-state index contributed by atoms with van der Waals surface area (Å²) in [4.78, 5) is 25.2. The van der Waals surface area contributed by atoms with Crippen molar-refractivity contribution in [1.29, 1.82) is 0 Å². The van der Waals surface area contributed by atoms with Crippen molar-refractivity contribution in [2.24, 2.45) is 0 Å². The molecule has 8 heteroatoms. The molecule has 0 unspecified atom stereocenters. The van der Waals surface area contributed by atoms with Gasteiger partial charge in [-0.1, -0.05) is 6.07 Å². The number of ether oxygens (including phenoxy) is 1. The topological polar surface area (TPSA) is 60.3 Å². The third-order valence-corrected chi connectivity index (χ3v) is 4.47. The molecule has 1 atom stereocenters. The van der Waals surface area contributed by atoms with Gasteiger partial charge in [0.05, 0.1) is 11.7 Å². The molecule has 27 heavy (non-hydrogen) atoms. The summed E-state index contributed by atoms with van der Waals surface area (Å²) in [5.74, 6) is -0.573. The number of rotatable bonds is 4. The fraction of sp³-hybridized carbons (Fsp3) is 0.368. The lowest BCUT2D eigenvalue weighted by molar-refractivity contribution is -0.137. The Balaban J connectivity index is 1.92. The van der Waals surface area contributed by atoms with Crippen LogP contribution in [0.5, 0.6) is 0 Å². The lowest BCUT2D eigenvalue weighted by Crippen LogP contribution is -2.36. The number of benzene rings is 1. The molecule has 2 heterocycles. The summed E-state index contributed by atoms with van der Waals surface area (Å²) in [5, 5.41) is 2.66. The zero-order valence-corrected chi connectivity index (χ0v) is 14.7. The van der Waals surface area contributed by atoms with Crippen molar-refractivity contribution in [3.8, 4) is 5.69 Å². The molecular formula is C19H19F3N2O3. The number of aromatic nitrogens is 1. The highest BCUT2D eigenvalue weighted by Gasteiger charge is 2.30. The van der Waals surface area contributed by atoms with Gasteiger partial charge in [0, 0.05) is 24.5 Å². The second-order valence-corrected chi connectivity index (χ2v) is 6.42. The van der Waals surface area contributed by atoms with Gasteiger partial charge in [-0.05, 0) is 50.1 Å². The van der Waals surface area contributed by atoms with Gasteiger partial charge >= 0.3 is 6.18 Å². The van der Waals surface area contributed by atoms with E-state index in [9.17, 15) is 22.8 Å². The van der Waals surface area contributed by atoms with Crippen LogP contribution in [0.2, 0.25) is 0 Å². The van der Waals surface area contributed by atoms with E-state index in [-0.39, 0.29) is 23.9 Å². The summed E-state index contributed by atoms with van der Waals surface area (Å²) in [6, 6.07) is 7.37. The summed E-state index contributed by atoms with van der Waals surface area (Å²) < 4.78 is 45.5. The average Bonchev–Trinajstić information content (AvgIpc) is 3.13. The predicted molar refractivity (Wildman–Crippen MR) is 93.1 cm³/mol. The quantitative estimate of drug-likeness (QED) is 0.887. The van der Waals surface area contributed by atoms with Crippen LogP contribution in [0.3, 0.4) is 0 Å². The van der Waals surface area contributed by atoms with Crippen LogP contribution in [-0.2, 0) is 10.9 Å². The normalized spacial score (nSPS) is 17.1. The molecule has 1 aliphatic rings. The Labute approximate surface area is 153 Å². The first-order valence-corrected chi connectivity index (χ1v) is 8.57. The first-order valence-electron chi connectivity index (χ1n) is 8.57. The van der Waals surface area contributed by atoms with Gasteiger partial charge in [0.25, 0.3) is 11.5 Å². The fourth-order valence-electron chi connectivity index (χ4n) is 3.05. The molecule has 0 saturated carbocycles. The van der Waals surface area contributed by atoms with Crippen molar-refractivity contribution in [2.45, 2.75) is 32.0 Å². The molecular weight excluding hydrogens is 361 g/mol. The van der Waals surface area contributed by atoms with Crippen LogP contribution in [0.25, 0.3) is 5.69 Å². The molecule has 1 N–H and O–H groups in total. The number of pyridine rings is 1. The van der Waals surface area contributed by atoms with Gasteiger partial charge in [-0.2, -0.15) is 13.2 Å². The maximum Gasteiger partial charge on any atom is 0.416 e. The van der Waals surface area contributed by atoms with Crippen molar-refractivity contribution in [1.82, 2.24) is 9.88 Å². The number of nitrogens with zero attached hydrogens (tertiary/aromatic N) is 1. The third-order valence-electron chi connectivity index (χ3n) is 4.47. The highest BCUT2D eigenvalue weighted by Crippen LogP contribution is 2.30. The van der Waals surface area contributed by atoms with E-state index >= 15 is 0 Å². The molecule has 1 fully saturated rings. The molecule has 1 aromatic heterocycles. The largest absolute Gasteiger partial charge is 0.416 e. The van der Waals surface area contributed by atoms with E-state index in [2.05, 4.69) is 5.32 Å². The SMILES string of the molecule is Cc1ccc(C(=O)NC[C@H]2CCCO2)c(=O)n1-c1cccc(C(F)(F)F)c1. The summed E-state index contributed by atoms with van der Waals surface area (Å²) in [6.45, 7) is 2.53. The second kappa shape index (κ2) is 7.56. The van der Waals surface area contributed by atoms with Crippen molar-refractivity contribution >= 4 is 5.91 Å². The van der Waals surface area contributed by atoms with Crippen LogP contribution in [0.15, 0.2) is 41.2 Å². The van der Waals surface area contributed by atoms with Crippen LogP contribution in [0.1, 0.15) is 34.5 Å². The predicted octanol–water partition coefficient (Wildman–Crippen LogP) is 3.07. The first kappa shape index (κ1) is 19.2. The van der Waals surface area contributed by atoms with Crippen LogP contribution in [0, 0.1) is 6.92 Å². The Morgan fingerprint density at radius 3 is 2.74 bits per heavy atom. The molecule has 0 aliphatic carbocycles. The Morgan fingerprint density at radius 1 is 1.30 bits per heavy atom. The zero-order chi connectivity index (χ0) is 19.6. The number of hydrogen-bond donors (Lipinski definition) is 1. The van der Waals surface area contributed by atoms with Crippen LogP contribution in [0.4, 0.5) is 13.2 Å². The molecule has 5 nitrogen and oxygen atoms in total. The van der Waals surface area contributed by atoms with Crippen LogP contribution < -0.4 is 10.9 Å². The van der Waals surface area contributed by atoms with Gasteiger partial charge in [0.15, 0.2) is 0 Å². The minimum Gasteiger partial charge on any atom is -0.376 e. The number of aryl methyl sites for hydroxylation is 1.